The molecule has 6 aliphatic rings. The Hall–Kier alpha value is -1.32. The van der Waals surface area contributed by atoms with Gasteiger partial charge in [0, 0.05) is 17.3 Å². The van der Waals surface area contributed by atoms with Crippen molar-refractivity contribution in [2.24, 2.45) is 56.7 Å². The summed E-state index contributed by atoms with van der Waals surface area (Å²) < 4.78 is 10.8. The number of rotatable bonds is 4. The van der Waals surface area contributed by atoms with Gasteiger partial charge in [-0.2, -0.15) is 0 Å². The van der Waals surface area contributed by atoms with E-state index in [0.29, 0.717) is 30.0 Å². The maximum atomic E-state index is 13.1. The van der Waals surface area contributed by atoms with Gasteiger partial charge in [-0.25, -0.2) is 0 Å². The average molecular weight is 617 g/mol. The fourth-order valence-electron chi connectivity index (χ4n) is 12.5. The summed E-state index contributed by atoms with van der Waals surface area (Å²) in [5, 5.41) is 44.5. The van der Waals surface area contributed by atoms with Crippen molar-refractivity contribution < 1.29 is 39.5 Å². The summed E-state index contributed by atoms with van der Waals surface area (Å²) in [4.78, 5) is 24.2. The molecule has 5 fully saturated rings. The Labute approximate surface area is 263 Å². The zero-order chi connectivity index (χ0) is 32.2. The van der Waals surface area contributed by atoms with Gasteiger partial charge in [0.25, 0.3) is 6.47 Å². The summed E-state index contributed by atoms with van der Waals surface area (Å²) in [6.45, 7) is 16.6. The van der Waals surface area contributed by atoms with Crippen molar-refractivity contribution in [3.05, 3.63) is 11.6 Å². The third-order valence-corrected chi connectivity index (χ3v) is 15.5. The molecule has 248 valence electrons. The van der Waals surface area contributed by atoms with E-state index in [-0.39, 0.29) is 40.0 Å². The molecular formula is C36H56O8. The fraction of sp³-hybridized carbons (Fsp3) is 0.889. The number of allylic oxidation sites excluding steroid dienone is 2. The van der Waals surface area contributed by atoms with Gasteiger partial charge in [-0.3, -0.25) is 9.59 Å². The Morgan fingerprint density at radius 2 is 1.64 bits per heavy atom. The molecule has 4 N–H and O–H groups in total. The van der Waals surface area contributed by atoms with E-state index in [1.165, 1.54) is 5.57 Å². The molecule has 1 saturated heterocycles. The van der Waals surface area contributed by atoms with E-state index < -0.39 is 42.2 Å². The van der Waals surface area contributed by atoms with Gasteiger partial charge in [-0.1, -0.05) is 60.1 Å². The maximum Gasteiger partial charge on any atom is 0.295 e. The number of aliphatic hydroxyl groups is 4. The van der Waals surface area contributed by atoms with Gasteiger partial charge < -0.3 is 29.9 Å². The number of ketones is 1. The van der Waals surface area contributed by atoms with Gasteiger partial charge in [0.2, 0.25) is 6.29 Å². The minimum Gasteiger partial charge on any atom is -0.435 e. The van der Waals surface area contributed by atoms with Crippen LogP contribution in [0.5, 0.6) is 0 Å². The number of hydrogen-bond donors (Lipinski definition) is 4. The second-order valence-electron chi connectivity index (χ2n) is 17.1. The van der Waals surface area contributed by atoms with Crippen LogP contribution in [0.4, 0.5) is 0 Å². The van der Waals surface area contributed by atoms with Gasteiger partial charge in [-0.15, -0.1) is 0 Å². The van der Waals surface area contributed by atoms with E-state index in [0.717, 1.165) is 51.4 Å². The SMILES string of the molecule is C[C@@H]1CC[C@]2(C(O)[C@@H]3OC(OC=O)[C@@H](O)[C@H](O)C3O)CC[C@]3(C)C(=CCC4[C@@]5(C)CCC(=O)C(C)(C)C5CC[C@]43C)C2[C@H]1C. The highest BCUT2D eigenvalue weighted by Gasteiger charge is 2.70. The molecule has 1 heterocycles. The quantitative estimate of drug-likeness (QED) is 0.267. The highest BCUT2D eigenvalue weighted by Crippen LogP contribution is 2.76. The summed E-state index contributed by atoms with van der Waals surface area (Å²) in [5.74, 6) is 2.03. The molecule has 0 radical (unpaired) electrons. The van der Waals surface area contributed by atoms with Crippen molar-refractivity contribution in [2.45, 2.75) is 143 Å². The molecule has 44 heavy (non-hydrogen) atoms. The van der Waals surface area contributed by atoms with E-state index >= 15 is 0 Å². The van der Waals surface area contributed by atoms with Crippen LogP contribution in [-0.4, -0.2) is 69.5 Å². The second kappa shape index (κ2) is 10.6. The molecule has 0 spiro atoms. The molecule has 0 aromatic rings. The predicted octanol–water partition coefficient (Wildman–Crippen LogP) is 4.55. The third kappa shape index (κ3) is 4.12. The van der Waals surface area contributed by atoms with Crippen LogP contribution in [0, 0.1) is 56.7 Å². The molecule has 8 heteroatoms. The van der Waals surface area contributed by atoms with Gasteiger partial charge in [0.1, 0.15) is 30.2 Å². The second-order valence-corrected chi connectivity index (χ2v) is 17.1. The average Bonchev–Trinajstić information content (AvgIpc) is 2.97. The predicted molar refractivity (Wildman–Crippen MR) is 164 cm³/mol. The molecule has 0 bridgehead atoms. The van der Waals surface area contributed by atoms with Gasteiger partial charge in [-0.05, 0) is 97.2 Å². The van der Waals surface area contributed by atoms with Crippen molar-refractivity contribution in [3.63, 3.8) is 0 Å². The number of ether oxygens (including phenoxy) is 2. The molecule has 6 unspecified atom stereocenters. The summed E-state index contributed by atoms with van der Waals surface area (Å²) in [7, 11) is 0. The topological polar surface area (TPSA) is 134 Å². The van der Waals surface area contributed by atoms with Crippen molar-refractivity contribution in [3.8, 4) is 0 Å². The smallest absolute Gasteiger partial charge is 0.295 e. The van der Waals surface area contributed by atoms with Crippen molar-refractivity contribution in [1.82, 2.24) is 0 Å². The first-order valence-corrected chi connectivity index (χ1v) is 17.2. The first-order chi connectivity index (χ1) is 20.5. The highest BCUT2D eigenvalue weighted by atomic mass is 16.7. The Bertz CT molecular complexity index is 1200. The number of hydrogen-bond acceptors (Lipinski definition) is 8. The molecule has 4 saturated carbocycles. The number of aliphatic hydroxyl groups excluding tert-OH is 4. The van der Waals surface area contributed by atoms with Crippen LogP contribution < -0.4 is 0 Å². The lowest BCUT2D eigenvalue weighted by Gasteiger charge is -2.71. The Morgan fingerprint density at radius 1 is 0.932 bits per heavy atom. The molecule has 1 aliphatic heterocycles. The van der Waals surface area contributed by atoms with E-state index in [9.17, 15) is 30.0 Å². The molecule has 8 nitrogen and oxygen atoms in total. The summed E-state index contributed by atoms with van der Waals surface area (Å²) in [6, 6.07) is 0. The van der Waals surface area contributed by atoms with Gasteiger partial charge in [0.15, 0.2) is 0 Å². The van der Waals surface area contributed by atoms with Crippen LogP contribution in [0.1, 0.15) is 106 Å². The standard InChI is InChI=1S/C36H56O8/c1-19-10-15-36(30(42)29-27(40)26(39)28(41)31(44-29)43-18-37)17-16-34(6)21(25(36)20(19)2)8-9-23-33(5)13-12-24(38)32(3,4)22(33)11-14-35(23,34)7/h8,18-20,22-23,25-31,39-42H,9-17H2,1-7H3/t19-,20+,22?,23?,25?,26-,27?,28+,29-,30?,31?,33+,34-,35-,36+/m1/s1. The maximum absolute atomic E-state index is 13.1. The van der Waals surface area contributed by atoms with E-state index in [4.69, 9.17) is 9.47 Å². The molecule has 0 amide bonds. The summed E-state index contributed by atoms with van der Waals surface area (Å²) >= 11 is 0. The first kappa shape index (κ1) is 32.6. The number of carbonyl (C=O) groups is 2. The Kier molecular flexibility index (Phi) is 7.85. The van der Waals surface area contributed by atoms with Crippen LogP contribution in [0.25, 0.3) is 0 Å². The summed E-state index contributed by atoms with van der Waals surface area (Å²) in [6.07, 6.45) is 1.99. The van der Waals surface area contributed by atoms with Crippen LogP contribution in [-0.2, 0) is 19.1 Å². The summed E-state index contributed by atoms with van der Waals surface area (Å²) in [5.41, 5.74) is 0.572. The zero-order valence-corrected chi connectivity index (χ0v) is 27.8. The minimum absolute atomic E-state index is 0.0420. The molecule has 6 rings (SSSR count). The molecule has 0 aromatic carbocycles. The minimum atomic E-state index is -1.62. The Morgan fingerprint density at radius 3 is 2.32 bits per heavy atom. The Balaban J connectivity index is 1.41. The van der Waals surface area contributed by atoms with Crippen molar-refractivity contribution in [2.75, 3.05) is 0 Å². The van der Waals surface area contributed by atoms with E-state index in [1.54, 1.807) is 0 Å². The highest BCUT2D eigenvalue weighted by molar-refractivity contribution is 5.85. The third-order valence-electron chi connectivity index (χ3n) is 15.5. The number of fused-ring (bicyclic) bond motifs is 7. The van der Waals surface area contributed by atoms with Crippen LogP contribution in [0.15, 0.2) is 11.6 Å². The normalized spacial score (nSPS) is 54.1. The molecular weight excluding hydrogens is 560 g/mol. The number of carbonyl (C=O) groups excluding carboxylic acids is 2. The largest absolute Gasteiger partial charge is 0.435 e. The van der Waals surface area contributed by atoms with Gasteiger partial charge in [0.05, 0.1) is 6.10 Å². The fourth-order valence-corrected chi connectivity index (χ4v) is 12.5. The molecule has 15 atom stereocenters. The van der Waals surface area contributed by atoms with Crippen LogP contribution in [0.3, 0.4) is 0 Å². The first-order valence-electron chi connectivity index (χ1n) is 17.2. The van der Waals surface area contributed by atoms with Gasteiger partial charge >= 0.3 is 0 Å². The lowest BCUT2D eigenvalue weighted by atomic mass is 9.33. The monoisotopic (exact) mass is 616 g/mol. The lowest BCUT2D eigenvalue weighted by Crippen LogP contribution is -2.68. The molecule has 0 aromatic heterocycles. The van der Waals surface area contributed by atoms with Crippen LogP contribution in [0.2, 0.25) is 0 Å². The van der Waals surface area contributed by atoms with E-state index in [2.05, 4.69) is 54.5 Å². The lowest BCUT2D eigenvalue weighted by molar-refractivity contribution is -0.312. The molecule has 5 aliphatic carbocycles. The zero-order valence-electron chi connectivity index (χ0n) is 27.8. The van der Waals surface area contributed by atoms with E-state index in [1.807, 2.05) is 0 Å². The number of Topliss-reactive ketones (excluding diaryl/α,β-unsaturated/α-hetero) is 1. The van der Waals surface area contributed by atoms with Crippen molar-refractivity contribution in [1.29, 1.82) is 0 Å². The van der Waals surface area contributed by atoms with Crippen LogP contribution >= 0.6 is 0 Å². The van der Waals surface area contributed by atoms with Crippen molar-refractivity contribution >= 4 is 12.3 Å².